The molecule has 0 saturated carbocycles. The second-order valence-corrected chi connectivity index (χ2v) is 8.65. The Morgan fingerprint density at radius 2 is 1.38 bits per heavy atom. The van der Waals surface area contributed by atoms with Crippen LogP contribution in [0.2, 0.25) is 0 Å². The van der Waals surface area contributed by atoms with Gasteiger partial charge in [0.25, 0.3) is 0 Å². The van der Waals surface area contributed by atoms with Crippen LogP contribution in [0.5, 0.6) is 5.75 Å². The molecule has 0 aliphatic carbocycles. The highest BCUT2D eigenvalue weighted by Gasteiger charge is 2.35. The molecule has 0 bridgehead atoms. The van der Waals surface area contributed by atoms with Gasteiger partial charge >= 0.3 is 0 Å². The second-order valence-electron chi connectivity index (χ2n) is 8.65. The number of nitrogens with one attached hydrogen (secondary N) is 2. The largest absolute Gasteiger partial charge is 0.508 e. The van der Waals surface area contributed by atoms with Gasteiger partial charge in [-0.05, 0) is 28.8 Å². The minimum atomic E-state index is -1.10. The van der Waals surface area contributed by atoms with E-state index in [2.05, 4.69) is 15.3 Å². The van der Waals surface area contributed by atoms with Gasteiger partial charge in [0.2, 0.25) is 17.7 Å². The summed E-state index contributed by atoms with van der Waals surface area (Å²) < 4.78 is 0. The minimum absolute atomic E-state index is 0.0241. The Morgan fingerprint density at radius 3 is 1.89 bits per heavy atom. The summed E-state index contributed by atoms with van der Waals surface area (Å²) in [5, 5.41) is 12.4. The summed E-state index contributed by atoms with van der Waals surface area (Å²) in [6, 6.07) is 23.6. The Morgan fingerprint density at radius 1 is 0.811 bits per heavy atom. The minimum Gasteiger partial charge on any atom is -0.508 e. The third-order valence-electron chi connectivity index (χ3n) is 5.91. The normalized spacial score (nSPS) is 11.5. The van der Waals surface area contributed by atoms with Crippen molar-refractivity contribution in [1.82, 2.24) is 20.2 Å². The number of phenolic OH excluding ortho intramolecular Hbond substituents is 1. The van der Waals surface area contributed by atoms with Gasteiger partial charge in [-0.1, -0.05) is 72.8 Å². The number of rotatable bonds is 10. The highest BCUT2D eigenvalue weighted by atomic mass is 16.3. The lowest BCUT2D eigenvalue weighted by molar-refractivity contribution is -0.151. The zero-order valence-corrected chi connectivity index (χ0v) is 20.2. The summed E-state index contributed by atoms with van der Waals surface area (Å²) in [6.45, 7) is 0.170. The molecule has 1 heterocycles. The summed E-state index contributed by atoms with van der Waals surface area (Å²) in [5.41, 5.74) is 2.80. The molecule has 4 aromatic rings. The molecule has 0 aliphatic heterocycles. The van der Waals surface area contributed by atoms with Crippen molar-refractivity contribution in [1.29, 1.82) is 0 Å². The van der Waals surface area contributed by atoms with Crippen molar-refractivity contribution in [2.45, 2.75) is 31.8 Å². The Bertz CT molecular complexity index is 1250. The first-order valence-electron chi connectivity index (χ1n) is 12.0. The van der Waals surface area contributed by atoms with Crippen LogP contribution in [0.4, 0.5) is 0 Å². The standard InChI is InChI=1S/C29H28N4O4/c34-25-13-11-23(12-14-25)18-31-29(37)26(17-24-19-30-20-32-24)33(27(35)15-21-7-3-1-4-8-21)28(36)16-22-9-5-2-6-10-22/h1-14,19-20,26,34H,15-18H2,(H,30,32)(H,31,37). The van der Waals surface area contributed by atoms with Crippen molar-refractivity contribution in [2.24, 2.45) is 0 Å². The van der Waals surface area contributed by atoms with Crippen molar-refractivity contribution in [3.05, 3.63) is 120 Å². The lowest BCUT2D eigenvalue weighted by Gasteiger charge is -2.29. The number of aromatic amines is 1. The molecule has 1 aromatic heterocycles. The number of phenols is 1. The molecule has 3 aromatic carbocycles. The van der Waals surface area contributed by atoms with E-state index >= 15 is 0 Å². The Hall–Kier alpha value is -4.72. The molecule has 0 radical (unpaired) electrons. The molecule has 3 N–H and O–H groups in total. The molecule has 4 rings (SSSR count). The third-order valence-corrected chi connectivity index (χ3v) is 5.91. The number of hydrogen-bond acceptors (Lipinski definition) is 5. The van der Waals surface area contributed by atoms with E-state index in [0.29, 0.717) is 5.69 Å². The molecular formula is C29H28N4O4. The smallest absolute Gasteiger partial charge is 0.243 e. The number of imidazole rings is 1. The van der Waals surface area contributed by atoms with E-state index in [-0.39, 0.29) is 31.6 Å². The van der Waals surface area contributed by atoms with E-state index in [1.54, 1.807) is 18.3 Å². The molecule has 37 heavy (non-hydrogen) atoms. The molecule has 1 unspecified atom stereocenters. The van der Waals surface area contributed by atoms with E-state index in [1.807, 2.05) is 60.7 Å². The molecule has 188 valence electrons. The molecule has 0 aliphatic rings. The van der Waals surface area contributed by atoms with Gasteiger partial charge in [-0.2, -0.15) is 0 Å². The summed E-state index contributed by atoms with van der Waals surface area (Å²) in [7, 11) is 0. The predicted octanol–water partition coefficient (Wildman–Crippen LogP) is 3.18. The second kappa shape index (κ2) is 12.3. The van der Waals surface area contributed by atoms with Crippen LogP contribution >= 0.6 is 0 Å². The van der Waals surface area contributed by atoms with Gasteiger partial charge in [0.05, 0.1) is 24.9 Å². The molecule has 3 amide bonds. The fourth-order valence-electron chi connectivity index (χ4n) is 4.02. The average molecular weight is 497 g/mol. The summed E-state index contributed by atoms with van der Waals surface area (Å²) in [5.74, 6) is -1.28. The van der Waals surface area contributed by atoms with Crippen molar-refractivity contribution in [3.8, 4) is 5.75 Å². The first-order valence-corrected chi connectivity index (χ1v) is 12.0. The number of amides is 3. The van der Waals surface area contributed by atoms with Gasteiger partial charge in [-0.3, -0.25) is 19.3 Å². The van der Waals surface area contributed by atoms with E-state index in [1.165, 1.54) is 18.5 Å². The van der Waals surface area contributed by atoms with Gasteiger partial charge in [0.15, 0.2) is 0 Å². The van der Waals surface area contributed by atoms with E-state index < -0.39 is 23.8 Å². The Kier molecular flexibility index (Phi) is 8.44. The number of aromatic nitrogens is 2. The maximum Gasteiger partial charge on any atom is 0.243 e. The fourth-order valence-corrected chi connectivity index (χ4v) is 4.02. The van der Waals surface area contributed by atoms with Crippen molar-refractivity contribution in [3.63, 3.8) is 0 Å². The van der Waals surface area contributed by atoms with Crippen LogP contribution in [0, 0.1) is 0 Å². The van der Waals surface area contributed by atoms with Crippen LogP contribution in [0.25, 0.3) is 0 Å². The fraction of sp³-hybridized carbons (Fsp3) is 0.172. The molecular weight excluding hydrogens is 468 g/mol. The number of hydrogen-bond donors (Lipinski definition) is 3. The van der Waals surface area contributed by atoms with Crippen LogP contribution in [0.15, 0.2) is 97.5 Å². The number of benzene rings is 3. The lowest BCUT2D eigenvalue weighted by atomic mass is 10.0. The van der Waals surface area contributed by atoms with Gasteiger partial charge in [-0.25, -0.2) is 4.98 Å². The number of carbonyl (C=O) groups excluding carboxylic acids is 3. The topological polar surface area (TPSA) is 115 Å². The molecule has 0 fully saturated rings. The Balaban J connectivity index is 1.62. The predicted molar refractivity (Wildman–Crippen MR) is 138 cm³/mol. The van der Waals surface area contributed by atoms with Crippen LogP contribution in [0.3, 0.4) is 0 Å². The van der Waals surface area contributed by atoms with E-state index in [9.17, 15) is 19.5 Å². The quantitative estimate of drug-likeness (QED) is 0.312. The maximum absolute atomic E-state index is 13.6. The number of imide groups is 1. The van der Waals surface area contributed by atoms with Crippen LogP contribution < -0.4 is 5.32 Å². The van der Waals surface area contributed by atoms with Crippen molar-refractivity contribution in [2.75, 3.05) is 0 Å². The van der Waals surface area contributed by atoms with Crippen LogP contribution in [-0.4, -0.2) is 43.7 Å². The summed E-state index contributed by atoms with van der Waals surface area (Å²) in [4.78, 5) is 48.9. The number of nitrogens with zero attached hydrogens (tertiary/aromatic N) is 2. The molecule has 0 saturated heterocycles. The molecule has 0 spiro atoms. The number of carbonyl (C=O) groups is 3. The first-order chi connectivity index (χ1) is 18.0. The molecule has 1 atom stereocenters. The maximum atomic E-state index is 13.6. The highest BCUT2D eigenvalue weighted by molar-refractivity contribution is 6.01. The van der Waals surface area contributed by atoms with Crippen LogP contribution in [-0.2, 0) is 40.2 Å². The van der Waals surface area contributed by atoms with Gasteiger partial charge < -0.3 is 15.4 Å². The number of aromatic hydroxyl groups is 1. The molecule has 8 heteroatoms. The van der Waals surface area contributed by atoms with Gasteiger partial charge in [0.1, 0.15) is 11.8 Å². The summed E-state index contributed by atoms with van der Waals surface area (Å²) >= 11 is 0. The SMILES string of the molecule is O=C(NCc1ccc(O)cc1)C(Cc1c[nH]cn1)N(C(=O)Cc1ccccc1)C(=O)Cc1ccccc1. The van der Waals surface area contributed by atoms with Gasteiger partial charge in [0, 0.05) is 19.2 Å². The first kappa shape index (κ1) is 25.4. The average Bonchev–Trinajstić information content (AvgIpc) is 3.42. The molecule has 8 nitrogen and oxygen atoms in total. The zero-order valence-electron chi connectivity index (χ0n) is 20.2. The number of H-pyrrole nitrogens is 1. The highest BCUT2D eigenvalue weighted by Crippen LogP contribution is 2.15. The third kappa shape index (κ3) is 7.14. The van der Waals surface area contributed by atoms with Crippen LogP contribution in [0.1, 0.15) is 22.4 Å². The van der Waals surface area contributed by atoms with Crippen molar-refractivity contribution >= 4 is 17.7 Å². The monoisotopic (exact) mass is 496 g/mol. The van der Waals surface area contributed by atoms with E-state index in [4.69, 9.17) is 0 Å². The zero-order chi connectivity index (χ0) is 26.0. The summed E-state index contributed by atoms with van der Waals surface area (Å²) in [6.07, 6.45) is 3.14. The van der Waals surface area contributed by atoms with Gasteiger partial charge in [-0.15, -0.1) is 0 Å². The lowest BCUT2D eigenvalue weighted by Crippen LogP contribution is -2.54. The Labute approximate surface area is 215 Å². The van der Waals surface area contributed by atoms with Crippen molar-refractivity contribution < 1.29 is 19.5 Å². The van der Waals surface area contributed by atoms with E-state index in [0.717, 1.165) is 21.6 Å².